The molecule has 0 N–H and O–H groups in total. The van der Waals surface area contributed by atoms with Crippen molar-refractivity contribution in [1.82, 2.24) is 4.67 Å². The molecule has 7 heteroatoms. The number of rotatable bonds is 5. The summed E-state index contributed by atoms with van der Waals surface area (Å²) in [6.07, 6.45) is 0. The minimum atomic E-state index is -3.87. The van der Waals surface area contributed by atoms with Crippen LogP contribution < -0.4 is 10.0 Å². The Morgan fingerprint density at radius 1 is 0.958 bits per heavy atom. The Hall–Kier alpha value is -2.43. The SMILES string of the molecule is CCOP(=O)(c1ccc(OC)cc1)N1C(=O)c2ccccc2C1=O. The molecule has 0 saturated heterocycles. The van der Waals surface area contributed by atoms with Gasteiger partial charge in [-0.1, -0.05) is 12.1 Å². The average molecular weight is 345 g/mol. The van der Waals surface area contributed by atoms with Crippen LogP contribution in [0.25, 0.3) is 0 Å². The third-order valence-electron chi connectivity index (χ3n) is 3.74. The van der Waals surface area contributed by atoms with Crippen LogP contribution in [0, 0.1) is 0 Å². The van der Waals surface area contributed by atoms with E-state index in [9.17, 15) is 14.2 Å². The molecule has 0 bridgehead atoms. The first-order valence-electron chi connectivity index (χ1n) is 7.40. The lowest BCUT2D eigenvalue weighted by molar-refractivity contribution is 0.0744. The van der Waals surface area contributed by atoms with Crippen molar-refractivity contribution in [2.75, 3.05) is 13.7 Å². The van der Waals surface area contributed by atoms with E-state index in [2.05, 4.69) is 0 Å². The quantitative estimate of drug-likeness (QED) is 0.615. The monoisotopic (exact) mass is 345 g/mol. The molecule has 2 amide bonds. The van der Waals surface area contributed by atoms with E-state index in [0.29, 0.717) is 5.75 Å². The molecule has 3 rings (SSSR count). The molecule has 0 aliphatic carbocycles. The maximum atomic E-state index is 13.5. The summed E-state index contributed by atoms with van der Waals surface area (Å²) >= 11 is 0. The summed E-state index contributed by atoms with van der Waals surface area (Å²) < 4.78 is 24.8. The van der Waals surface area contributed by atoms with Crippen molar-refractivity contribution in [1.29, 1.82) is 0 Å². The maximum Gasteiger partial charge on any atom is 0.335 e. The summed E-state index contributed by atoms with van der Waals surface area (Å²) in [5, 5.41) is 0.264. The van der Waals surface area contributed by atoms with Crippen molar-refractivity contribution in [2.45, 2.75) is 6.92 Å². The highest BCUT2D eigenvalue weighted by Crippen LogP contribution is 2.53. The molecule has 1 aliphatic heterocycles. The second kappa shape index (κ2) is 6.23. The van der Waals surface area contributed by atoms with Gasteiger partial charge >= 0.3 is 7.52 Å². The zero-order valence-corrected chi connectivity index (χ0v) is 14.2. The van der Waals surface area contributed by atoms with Crippen LogP contribution in [-0.4, -0.2) is 30.2 Å². The van der Waals surface area contributed by atoms with Gasteiger partial charge in [0, 0.05) is 0 Å². The summed E-state index contributed by atoms with van der Waals surface area (Å²) in [7, 11) is -2.35. The Labute approximate surface area is 139 Å². The fourth-order valence-electron chi connectivity index (χ4n) is 2.61. The van der Waals surface area contributed by atoms with Gasteiger partial charge < -0.3 is 9.26 Å². The van der Waals surface area contributed by atoms with Gasteiger partial charge in [0.25, 0.3) is 11.8 Å². The zero-order valence-electron chi connectivity index (χ0n) is 13.3. The minimum Gasteiger partial charge on any atom is -0.497 e. The van der Waals surface area contributed by atoms with E-state index in [0.717, 1.165) is 4.67 Å². The fourth-order valence-corrected chi connectivity index (χ4v) is 4.67. The van der Waals surface area contributed by atoms with Crippen LogP contribution in [0.1, 0.15) is 27.6 Å². The first-order chi connectivity index (χ1) is 11.5. The first-order valence-corrected chi connectivity index (χ1v) is 8.98. The van der Waals surface area contributed by atoms with Crippen molar-refractivity contribution in [3.8, 4) is 5.75 Å². The number of hydrogen-bond acceptors (Lipinski definition) is 5. The number of ether oxygens (including phenoxy) is 1. The molecule has 0 saturated carbocycles. The van der Waals surface area contributed by atoms with E-state index >= 15 is 0 Å². The largest absolute Gasteiger partial charge is 0.497 e. The molecule has 1 heterocycles. The number of fused-ring (bicyclic) bond motifs is 1. The second-order valence-corrected chi connectivity index (χ2v) is 7.32. The van der Waals surface area contributed by atoms with Crippen LogP contribution in [0.3, 0.4) is 0 Å². The highest BCUT2D eigenvalue weighted by Gasteiger charge is 2.48. The number of benzene rings is 2. The van der Waals surface area contributed by atoms with Crippen molar-refractivity contribution in [2.24, 2.45) is 0 Å². The summed E-state index contributed by atoms with van der Waals surface area (Å²) in [5.41, 5.74) is 0.465. The summed E-state index contributed by atoms with van der Waals surface area (Å²) in [6.45, 7) is 1.76. The maximum absolute atomic E-state index is 13.5. The number of carbonyl (C=O) groups excluding carboxylic acids is 2. The number of amides is 2. The molecule has 1 atom stereocenters. The van der Waals surface area contributed by atoms with E-state index in [1.807, 2.05) is 0 Å². The van der Waals surface area contributed by atoms with E-state index in [4.69, 9.17) is 9.26 Å². The minimum absolute atomic E-state index is 0.0940. The Balaban J connectivity index is 2.10. The first kappa shape index (κ1) is 16.4. The molecular weight excluding hydrogens is 329 g/mol. The van der Waals surface area contributed by atoms with Gasteiger partial charge in [0.05, 0.1) is 30.1 Å². The van der Waals surface area contributed by atoms with Crippen LogP contribution >= 0.6 is 7.52 Å². The third-order valence-corrected chi connectivity index (χ3v) is 6.19. The molecule has 2 aromatic rings. The van der Waals surface area contributed by atoms with Crippen LogP contribution in [0.5, 0.6) is 5.75 Å². The van der Waals surface area contributed by atoms with Crippen molar-refractivity contribution in [3.05, 3.63) is 59.7 Å². The van der Waals surface area contributed by atoms with Crippen molar-refractivity contribution in [3.63, 3.8) is 0 Å². The van der Waals surface area contributed by atoms with Crippen LogP contribution in [0.4, 0.5) is 0 Å². The lowest BCUT2D eigenvalue weighted by Crippen LogP contribution is -2.32. The summed E-state index contributed by atoms with van der Waals surface area (Å²) in [5.74, 6) is -0.643. The van der Waals surface area contributed by atoms with Crippen molar-refractivity contribution < 1.29 is 23.4 Å². The molecule has 0 aromatic heterocycles. The van der Waals surface area contributed by atoms with E-state index in [-0.39, 0.29) is 23.0 Å². The van der Waals surface area contributed by atoms with Gasteiger partial charge in [-0.05, 0) is 43.3 Å². The number of carbonyl (C=O) groups is 2. The van der Waals surface area contributed by atoms with Crippen LogP contribution in [0.15, 0.2) is 48.5 Å². The number of hydrogen-bond donors (Lipinski definition) is 0. The molecule has 2 aromatic carbocycles. The Morgan fingerprint density at radius 3 is 1.96 bits per heavy atom. The number of imide groups is 1. The van der Waals surface area contributed by atoms with Gasteiger partial charge in [-0.3, -0.25) is 14.2 Å². The topological polar surface area (TPSA) is 72.9 Å². The Kier molecular flexibility index (Phi) is 4.26. The lowest BCUT2D eigenvalue weighted by Gasteiger charge is -2.25. The van der Waals surface area contributed by atoms with Gasteiger partial charge in [0.1, 0.15) is 5.75 Å². The molecular formula is C17H16NO5P. The van der Waals surface area contributed by atoms with Gasteiger partial charge in [0.2, 0.25) is 0 Å². The number of nitrogens with zero attached hydrogens (tertiary/aromatic N) is 1. The van der Waals surface area contributed by atoms with Gasteiger partial charge in [-0.2, -0.15) is 4.67 Å². The van der Waals surface area contributed by atoms with E-state index in [1.54, 1.807) is 55.5 Å². The smallest absolute Gasteiger partial charge is 0.335 e. The van der Waals surface area contributed by atoms with Gasteiger partial charge in [0.15, 0.2) is 0 Å². The Morgan fingerprint density at radius 2 is 1.50 bits per heavy atom. The molecule has 6 nitrogen and oxygen atoms in total. The van der Waals surface area contributed by atoms with Gasteiger partial charge in [-0.25, -0.2) is 0 Å². The second-order valence-electron chi connectivity index (χ2n) is 5.10. The standard InChI is InChI=1S/C17H16NO5P/c1-3-23-24(21,13-10-8-12(22-2)9-11-13)18-16(19)14-6-4-5-7-15(14)17(18)20/h4-11H,3H2,1-2H3. The molecule has 24 heavy (non-hydrogen) atoms. The highest BCUT2D eigenvalue weighted by atomic mass is 31.2. The lowest BCUT2D eigenvalue weighted by atomic mass is 10.1. The average Bonchev–Trinajstić information content (AvgIpc) is 2.87. The predicted molar refractivity (Wildman–Crippen MR) is 88.8 cm³/mol. The molecule has 0 radical (unpaired) electrons. The third kappa shape index (κ3) is 2.44. The van der Waals surface area contributed by atoms with Gasteiger partial charge in [-0.15, -0.1) is 0 Å². The summed E-state index contributed by atoms with van der Waals surface area (Å²) in [6, 6.07) is 12.7. The normalized spacial score (nSPS) is 16.0. The van der Waals surface area contributed by atoms with E-state index in [1.165, 1.54) is 7.11 Å². The van der Waals surface area contributed by atoms with Crippen LogP contribution in [-0.2, 0) is 9.09 Å². The molecule has 124 valence electrons. The predicted octanol–water partition coefficient (Wildman–Crippen LogP) is 2.85. The fraction of sp³-hybridized carbons (Fsp3) is 0.176. The molecule has 0 spiro atoms. The van der Waals surface area contributed by atoms with Crippen LogP contribution in [0.2, 0.25) is 0 Å². The molecule has 1 aliphatic rings. The molecule has 0 fully saturated rings. The highest BCUT2D eigenvalue weighted by molar-refractivity contribution is 7.66. The summed E-state index contributed by atoms with van der Waals surface area (Å²) in [4.78, 5) is 25.3. The zero-order chi connectivity index (χ0) is 17.3. The number of methoxy groups -OCH3 is 1. The van der Waals surface area contributed by atoms with Crippen molar-refractivity contribution >= 4 is 24.6 Å². The van der Waals surface area contributed by atoms with E-state index < -0.39 is 19.3 Å². The Bertz CT molecular complexity index is 811. The molecule has 1 unspecified atom stereocenters.